The fraction of sp³-hybridized carbons (Fsp3) is 0.500. The molecule has 2 aromatic rings. The van der Waals surface area contributed by atoms with Crippen molar-refractivity contribution < 1.29 is 14.0 Å². The summed E-state index contributed by atoms with van der Waals surface area (Å²) in [5, 5.41) is 0. The molecule has 0 aromatic heterocycles. The van der Waals surface area contributed by atoms with Crippen molar-refractivity contribution in [2.45, 2.75) is 62.3 Å². The van der Waals surface area contributed by atoms with Crippen LogP contribution in [-0.4, -0.2) is 47.3 Å². The van der Waals surface area contributed by atoms with Gasteiger partial charge in [-0.05, 0) is 54.9 Å². The maximum atomic E-state index is 14.2. The Kier molecular flexibility index (Phi) is 5.98. The van der Waals surface area contributed by atoms with Gasteiger partial charge < -0.3 is 9.80 Å². The van der Waals surface area contributed by atoms with Crippen molar-refractivity contribution in [1.82, 2.24) is 9.80 Å². The number of rotatable bonds is 4. The van der Waals surface area contributed by atoms with E-state index in [2.05, 4.69) is 12.1 Å². The van der Waals surface area contributed by atoms with Crippen LogP contribution in [0.3, 0.4) is 0 Å². The van der Waals surface area contributed by atoms with Crippen LogP contribution in [0.15, 0.2) is 54.6 Å². The van der Waals surface area contributed by atoms with E-state index in [0.717, 1.165) is 36.8 Å². The summed E-state index contributed by atoms with van der Waals surface area (Å²) in [6.45, 7) is 1.04. The molecule has 0 radical (unpaired) electrons. The van der Waals surface area contributed by atoms with Gasteiger partial charge in [0.2, 0.25) is 11.8 Å². The first kappa shape index (κ1) is 22.1. The molecule has 3 fully saturated rings. The van der Waals surface area contributed by atoms with Crippen LogP contribution in [0.4, 0.5) is 4.39 Å². The highest BCUT2D eigenvalue weighted by molar-refractivity contribution is 5.85. The number of piperidine rings is 1. The van der Waals surface area contributed by atoms with Gasteiger partial charge in [0.25, 0.3) is 0 Å². The number of carbonyl (C=O) groups excluding carboxylic acids is 2. The van der Waals surface area contributed by atoms with E-state index in [9.17, 15) is 14.0 Å². The summed E-state index contributed by atoms with van der Waals surface area (Å²) in [6.07, 6.45) is 6.69. The Morgan fingerprint density at radius 1 is 1.06 bits per heavy atom. The van der Waals surface area contributed by atoms with Gasteiger partial charge >= 0.3 is 0 Å². The lowest BCUT2D eigenvalue weighted by Gasteiger charge is -2.46. The van der Waals surface area contributed by atoms with Crippen LogP contribution in [0.1, 0.15) is 67.9 Å². The van der Waals surface area contributed by atoms with E-state index in [-0.39, 0.29) is 29.5 Å². The number of likely N-dealkylation sites (N-methyl/N-ethyl adjacent to an activating group) is 1. The number of amides is 2. The molecular weight excluding hydrogens is 415 g/mol. The zero-order valence-electron chi connectivity index (χ0n) is 19.4. The van der Waals surface area contributed by atoms with Gasteiger partial charge in [-0.25, -0.2) is 4.39 Å². The molecule has 0 bridgehead atoms. The maximum absolute atomic E-state index is 14.2. The summed E-state index contributed by atoms with van der Waals surface area (Å²) in [5.41, 5.74) is 1.49. The molecule has 3 atom stereocenters. The zero-order chi connectivity index (χ0) is 23.0. The molecule has 5 rings (SSSR count). The number of halogens is 1. The molecule has 2 amide bonds. The largest absolute Gasteiger partial charge is 0.339 e. The van der Waals surface area contributed by atoms with E-state index in [4.69, 9.17) is 0 Å². The van der Waals surface area contributed by atoms with Crippen LogP contribution < -0.4 is 0 Å². The standard InChI is InChI=1S/C28H33FN2O2/c1-30-25(32)15-8-16-28(30)19-31(18-24(28)22-13-7-14-23(29)17-22)27(33)26(21-11-5-6-12-21)20-9-3-2-4-10-20/h2-4,7,9-10,13-14,17,21,24,26H,5-6,8,11-12,15-16,18-19H2,1H3/t24-,26+,28+/m0/s1. The molecule has 1 spiro atoms. The predicted octanol–water partition coefficient (Wildman–Crippen LogP) is 5.11. The van der Waals surface area contributed by atoms with Gasteiger partial charge in [-0.2, -0.15) is 0 Å². The van der Waals surface area contributed by atoms with Crippen LogP contribution in [0.25, 0.3) is 0 Å². The van der Waals surface area contributed by atoms with Crippen molar-refractivity contribution in [1.29, 1.82) is 0 Å². The Morgan fingerprint density at radius 3 is 2.55 bits per heavy atom. The fourth-order valence-electron chi connectivity index (χ4n) is 6.69. The van der Waals surface area contributed by atoms with Gasteiger partial charge in [0, 0.05) is 32.5 Å². The molecule has 2 heterocycles. The maximum Gasteiger partial charge on any atom is 0.230 e. The van der Waals surface area contributed by atoms with Gasteiger partial charge in [-0.3, -0.25) is 9.59 Å². The SMILES string of the molecule is CN1C(=O)CCC[C@]12CN(C(=O)[C@H](c1ccccc1)C1CCCC1)C[C@H]2c1cccc(F)c1. The zero-order valence-corrected chi connectivity index (χ0v) is 19.4. The number of hydrogen-bond acceptors (Lipinski definition) is 2. The Hall–Kier alpha value is -2.69. The monoisotopic (exact) mass is 448 g/mol. The lowest BCUT2D eigenvalue weighted by Crippen LogP contribution is -2.57. The van der Waals surface area contributed by atoms with Gasteiger partial charge in [0.1, 0.15) is 5.82 Å². The average Bonchev–Trinajstić information content (AvgIpc) is 3.48. The molecule has 5 heteroatoms. The van der Waals surface area contributed by atoms with Gasteiger partial charge in [0.05, 0.1) is 11.5 Å². The topological polar surface area (TPSA) is 40.6 Å². The summed E-state index contributed by atoms with van der Waals surface area (Å²) in [6, 6.07) is 16.9. The van der Waals surface area contributed by atoms with Crippen LogP contribution in [-0.2, 0) is 9.59 Å². The first-order chi connectivity index (χ1) is 16.0. The van der Waals surface area contributed by atoms with E-state index >= 15 is 0 Å². The molecule has 4 nitrogen and oxygen atoms in total. The molecule has 33 heavy (non-hydrogen) atoms. The summed E-state index contributed by atoms with van der Waals surface area (Å²) in [7, 11) is 1.87. The molecule has 1 saturated carbocycles. The third-order valence-corrected chi connectivity index (χ3v) is 8.42. The van der Waals surface area contributed by atoms with Crippen molar-refractivity contribution >= 4 is 11.8 Å². The Bertz CT molecular complexity index is 1020. The highest BCUT2D eigenvalue weighted by Gasteiger charge is 2.54. The van der Waals surface area contributed by atoms with Crippen molar-refractivity contribution in [2.24, 2.45) is 5.92 Å². The molecule has 2 saturated heterocycles. The molecule has 174 valence electrons. The minimum Gasteiger partial charge on any atom is -0.339 e. The Balaban J connectivity index is 1.51. The number of carbonyl (C=O) groups is 2. The molecule has 3 aliphatic rings. The minimum atomic E-state index is -0.476. The van der Waals surface area contributed by atoms with Crippen LogP contribution >= 0.6 is 0 Å². The smallest absolute Gasteiger partial charge is 0.230 e. The third-order valence-electron chi connectivity index (χ3n) is 8.42. The highest BCUT2D eigenvalue weighted by Crippen LogP contribution is 2.47. The molecule has 0 unspecified atom stereocenters. The van der Waals surface area contributed by atoms with Crippen molar-refractivity contribution in [3.63, 3.8) is 0 Å². The van der Waals surface area contributed by atoms with E-state index in [1.54, 1.807) is 12.1 Å². The second-order valence-electron chi connectivity index (χ2n) is 10.2. The average molecular weight is 449 g/mol. The summed E-state index contributed by atoms with van der Waals surface area (Å²) in [5.74, 6) is 0.123. The Labute approximate surface area is 195 Å². The van der Waals surface area contributed by atoms with Gasteiger partial charge in [-0.15, -0.1) is 0 Å². The number of likely N-dealkylation sites (tertiary alicyclic amines) is 2. The van der Waals surface area contributed by atoms with Crippen molar-refractivity contribution in [3.8, 4) is 0 Å². The first-order valence-corrected chi connectivity index (χ1v) is 12.4. The van der Waals surface area contributed by atoms with Crippen LogP contribution in [0.2, 0.25) is 0 Å². The second-order valence-corrected chi connectivity index (χ2v) is 10.2. The Morgan fingerprint density at radius 2 is 1.82 bits per heavy atom. The summed E-state index contributed by atoms with van der Waals surface area (Å²) < 4.78 is 14.2. The van der Waals surface area contributed by atoms with Crippen molar-refractivity contribution in [2.75, 3.05) is 20.1 Å². The molecule has 2 aliphatic heterocycles. The van der Waals surface area contributed by atoms with E-state index in [1.807, 2.05) is 41.1 Å². The number of nitrogens with zero attached hydrogens (tertiary/aromatic N) is 2. The van der Waals surface area contributed by atoms with E-state index in [1.165, 1.54) is 18.9 Å². The fourth-order valence-corrected chi connectivity index (χ4v) is 6.69. The van der Waals surface area contributed by atoms with E-state index in [0.29, 0.717) is 25.4 Å². The molecule has 2 aromatic carbocycles. The number of hydrogen-bond donors (Lipinski definition) is 0. The number of benzene rings is 2. The quantitative estimate of drug-likeness (QED) is 0.652. The van der Waals surface area contributed by atoms with Crippen LogP contribution in [0, 0.1) is 11.7 Å². The molecule has 0 N–H and O–H groups in total. The predicted molar refractivity (Wildman–Crippen MR) is 126 cm³/mol. The second kappa shape index (κ2) is 8.92. The lowest BCUT2D eigenvalue weighted by molar-refractivity contribution is -0.141. The van der Waals surface area contributed by atoms with Crippen molar-refractivity contribution in [3.05, 3.63) is 71.5 Å². The van der Waals surface area contributed by atoms with Gasteiger partial charge in [-0.1, -0.05) is 55.3 Å². The van der Waals surface area contributed by atoms with Crippen LogP contribution in [0.5, 0.6) is 0 Å². The lowest BCUT2D eigenvalue weighted by atomic mass is 9.75. The summed E-state index contributed by atoms with van der Waals surface area (Å²) in [4.78, 5) is 30.8. The minimum absolute atomic E-state index is 0.0913. The third kappa shape index (κ3) is 3.96. The van der Waals surface area contributed by atoms with E-state index < -0.39 is 5.54 Å². The molecular formula is C28H33FN2O2. The van der Waals surface area contributed by atoms with Gasteiger partial charge in [0.15, 0.2) is 0 Å². The normalized spacial score (nSPS) is 26.8. The molecule has 1 aliphatic carbocycles. The first-order valence-electron chi connectivity index (χ1n) is 12.4. The highest BCUT2D eigenvalue weighted by atomic mass is 19.1. The summed E-state index contributed by atoms with van der Waals surface area (Å²) >= 11 is 0.